The summed E-state index contributed by atoms with van der Waals surface area (Å²) in [5, 5.41) is 25.2. The largest absolute Gasteiger partial charge is 0.472 e. The van der Waals surface area contributed by atoms with Gasteiger partial charge in [-0.15, -0.1) is 5.10 Å². The molecule has 7 rings (SSSR count). The van der Waals surface area contributed by atoms with E-state index in [0.29, 0.717) is 5.69 Å². The van der Waals surface area contributed by atoms with Crippen LogP contribution in [0, 0.1) is 42.4 Å². The second-order valence-corrected chi connectivity index (χ2v) is 9.07. The first kappa shape index (κ1) is 27.8. The molecular weight excluding hydrogens is 500 g/mol. The molecule has 1 aromatic heterocycles. The number of carbonyl (C=O) groups is 1. The van der Waals surface area contributed by atoms with Crippen molar-refractivity contribution in [2.24, 2.45) is 0 Å². The van der Waals surface area contributed by atoms with Crippen molar-refractivity contribution in [1.29, 1.82) is 0 Å². The van der Waals surface area contributed by atoms with Gasteiger partial charge in [0.05, 0.1) is 5.69 Å². The zero-order chi connectivity index (χ0) is 27.5. The summed E-state index contributed by atoms with van der Waals surface area (Å²) in [6.07, 6.45) is 0. The van der Waals surface area contributed by atoms with E-state index in [4.69, 9.17) is 5.11 Å². The minimum absolute atomic E-state index is 0. The van der Waals surface area contributed by atoms with E-state index in [1.807, 2.05) is 73.7 Å². The molecule has 0 fully saturated rings. The SMILES string of the molecule is CCO.Cc1ccc(C#CC#CC23c4ccccc4C(C#CC(=O)O)(c4ccccc42)c2ccccc23)nn1.O. The number of hydrogen-bond acceptors (Lipinski definition) is 4. The second kappa shape index (κ2) is 11.3. The van der Waals surface area contributed by atoms with Crippen molar-refractivity contribution in [3.05, 3.63) is 130 Å². The molecule has 0 aliphatic heterocycles. The van der Waals surface area contributed by atoms with Gasteiger partial charge in [0, 0.05) is 12.5 Å². The number of rotatable bonds is 0. The lowest BCUT2D eigenvalue weighted by Gasteiger charge is -2.52. The summed E-state index contributed by atoms with van der Waals surface area (Å²) in [6, 6.07) is 27.8. The maximum Gasteiger partial charge on any atom is 0.381 e. The smallest absolute Gasteiger partial charge is 0.381 e. The van der Waals surface area contributed by atoms with Gasteiger partial charge in [0.2, 0.25) is 0 Å². The molecule has 0 saturated heterocycles. The molecular formula is C34H26N2O4. The van der Waals surface area contributed by atoms with Crippen LogP contribution in [-0.2, 0) is 15.6 Å². The Kier molecular flexibility index (Phi) is 7.85. The minimum atomic E-state index is -1.16. The maximum atomic E-state index is 11.6. The highest BCUT2D eigenvalue weighted by atomic mass is 16.4. The Morgan fingerprint density at radius 2 is 1.15 bits per heavy atom. The van der Waals surface area contributed by atoms with Crippen molar-refractivity contribution in [2.75, 3.05) is 6.61 Å². The van der Waals surface area contributed by atoms with E-state index in [0.717, 1.165) is 39.1 Å². The van der Waals surface area contributed by atoms with Crippen LogP contribution in [0.15, 0.2) is 84.9 Å². The summed E-state index contributed by atoms with van der Waals surface area (Å²) in [7, 11) is 0. The third-order valence-electron chi connectivity index (χ3n) is 6.86. The molecule has 4 aromatic rings. The van der Waals surface area contributed by atoms with Gasteiger partial charge in [-0.05, 0) is 77.1 Å². The molecule has 3 aliphatic rings. The van der Waals surface area contributed by atoms with E-state index in [9.17, 15) is 9.90 Å². The van der Waals surface area contributed by atoms with Gasteiger partial charge in [-0.2, -0.15) is 5.10 Å². The van der Waals surface area contributed by atoms with Crippen LogP contribution in [0.3, 0.4) is 0 Å². The molecule has 3 aromatic carbocycles. The lowest BCUT2D eigenvalue weighted by atomic mass is 9.47. The standard InChI is InChI=1S/C32H18N2O2.C2H6O.H2O/c1-22-17-18-23(34-33-22)10-8-9-20-31-24-11-2-5-14-27(24)32(21-19-30(35)36,28-15-6-3-12-25(28)31)29-16-7-4-13-26(29)31;1-2-3;/h2-7,11-18H,1H3,(H,35,36);3H,2H2,1H3;1H2. The van der Waals surface area contributed by atoms with Crippen LogP contribution in [0.1, 0.15) is 51.7 Å². The number of aromatic nitrogens is 2. The highest BCUT2D eigenvalue weighted by molar-refractivity contribution is 5.89. The van der Waals surface area contributed by atoms with Gasteiger partial charge in [0.15, 0.2) is 0 Å². The molecule has 6 nitrogen and oxygen atoms in total. The highest BCUT2D eigenvalue weighted by Crippen LogP contribution is 2.61. The number of aliphatic carboxylic acids is 1. The van der Waals surface area contributed by atoms with Crippen molar-refractivity contribution >= 4 is 5.97 Å². The Hall–Kier alpha value is -5.19. The lowest BCUT2D eigenvalue weighted by molar-refractivity contribution is -0.130. The van der Waals surface area contributed by atoms with Crippen molar-refractivity contribution in [2.45, 2.75) is 24.7 Å². The summed E-state index contributed by atoms with van der Waals surface area (Å²) in [5.41, 5.74) is 5.52. The van der Waals surface area contributed by atoms with Crippen LogP contribution in [0.2, 0.25) is 0 Å². The molecule has 1 heterocycles. The molecule has 0 unspecified atom stereocenters. The number of aliphatic hydroxyl groups is 1. The molecule has 2 bridgehead atoms. The number of carboxylic acid groups (broad SMARTS) is 1. The number of carboxylic acids is 1. The van der Waals surface area contributed by atoms with Crippen molar-refractivity contribution < 1.29 is 20.5 Å². The Labute approximate surface area is 233 Å². The predicted octanol–water partition coefficient (Wildman–Crippen LogP) is 3.40. The first-order valence-corrected chi connectivity index (χ1v) is 12.5. The summed E-state index contributed by atoms with van der Waals surface area (Å²) in [5.74, 6) is 17.0. The van der Waals surface area contributed by atoms with Crippen LogP contribution in [0.25, 0.3) is 0 Å². The summed E-state index contributed by atoms with van der Waals surface area (Å²) in [4.78, 5) is 11.6. The monoisotopic (exact) mass is 526 g/mol. The van der Waals surface area contributed by atoms with Crippen molar-refractivity contribution in [1.82, 2.24) is 10.2 Å². The fraction of sp³-hybridized carbons (Fsp3) is 0.147. The van der Waals surface area contributed by atoms with Gasteiger partial charge >= 0.3 is 5.97 Å². The Morgan fingerprint density at radius 3 is 1.52 bits per heavy atom. The third-order valence-corrected chi connectivity index (χ3v) is 6.86. The summed E-state index contributed by atoms with van der Waals surface area (Å²) in [6.45, 7) is 3.81. The third kappa shape index (κ3) is 4.31. The van der Waals surface area contributed by atoms with Crippen LogP contribution in [-0.4, -0.2) is 38.5 Å². The van der Waals surface area contributed by atoms with Crippen LogP contribution >= 0.6 is 0 Å². The molecule has 4 N–H and O–H groups in total. The molecule has 0 atom stereocenters. The highest BCUT2D eigenvalue weighted by Gasteiger charge is 2.57. The average Bonchev–Trinajstić information content (AvgIpc) is 2.96. The fourth-order valence-electron chi connectivity index (χ4n) is 5.52. The van der Waals surface area contributed by atoms with E-state index in [1.54, 1.807) is 6.92 Å². The summed E-state index contributed by atoms with van der Waals surface area (Å²) >= 11 is 0. The van der Waals surface area contributed by atoms with Gasteiger partial charge in [-0.1, -0.05) is 84.6 Å². The Morgan fingerprint density at radius 1 is 0.725 bits per heavy atom. The molecule has 6 heteroatoms. The molecule has 40 heavy (non-hydrogen) atoms. The molecule has 0 saturated carbocycles. The predicted molar refractivity (Wildman–Crippen MR) is 152 cm³/mol. The minimum Gasteiger partial charge on any atom is -0.472 e. The zero-order valence-electron chi connectivity index (χ0n) is 22.0. The second-order valence-electron chi connectivity index (χ2n) is 9.07. The fourth-order valence-corrected chi connectivity index (χ4v) is 5.52. The zero-order valence-corrected chi connectivity index (χ0v) is 22.0. The first-order valence-electron chi connectivity index (χ1n) is 12.5. The van der Waals surface area contributed by atoms with E-state index < -0.39 is 16.8 Å². The topological polar surface area (TPSA) is 115 Å². The number of nitrogens with zero attached hydrogens (tertiary/aromatic N) is 2. The van der Waals surface area contributed by atoms with E-state index in [-0.39, 0.29) is 12.1 Å². The summed E-state index contributed by atoms with van der Waals surface area (Å²) < 4.78 is 0. The van der Waals surface area contributed by atoms with E-state index in [2.05, 4.69) is 63.9 Å². The average molecular weight is 527 g/mol. The number of aliphatic hydroxyl groups excluding tert-OH is 1. The number of aryl methyl sites for hydroxylation is 1. The Balaban J connectivity index is 0.000000886. The van der Waals surface area contributed by atoms with Gasteiger partial charge in [-0.3, -0.25) is 0 Å². The van der Waals surface area contributed by atoms with Crippen LogP contribution < -0.4 is 0 Å². The normalized spacial score (nSPS) is 18.1. The van der Waals surface area contributed by atoms with Crippen LogP contribution in [0.4, 0.5) is 0 Å². The molecule has 3 aliphatic carbocycles. The Bertz CT molecular complexity index is 1660. The van der Waals surface area contributed by atoms with E-state index >= 15 is 0 Å². The molecule has 0 radical (unpaired) electrons. The van der Waals surface area contributed by atoms with Gasteiger partial charge in [0.1, 0.15) is 16.5 Å². The van der Waals surface area contributed by atoms with Crippen LogP contribution in [0.5, 0.6) is 0 Å². The maximum absolute atomic E-state index is 11.6. The molecule has 196 valence electrons. The number of hydrogen-bond donors (Lipinski definition) is 2. The molecule has 0 amide bonds. The van der Waals surface area contributed by atoms with Gasteiger partial charge in [-0.25, -0.2) is 4.79 Å². The number of benzene rings is 3. The van der Waals surface area contributed by atoms with Gasteiger partial charge in [0.25, 0.3) is 0 Å². The van der Waals surface area contributed by atoms with E-state index in [1.165, 1.54) is 0 Å². The quantitative estimate of drug-likeness (QED) is 0.341. The molecule has 0 spiro atoms. The lowest BCUT2D eigenvalue weighted by Crippen LogP contribution is -2.49. The van der Waals surface area contributed by atoms with Gasteiger partial charge < -0.3 is 15.7 Å². The van der Waals surface area contributed by atoms with Crippen molar-refractivity contribution in [3.8, 4) is 35.5 Å². The first-order chi connectivity index (χ1) is 19.0. The van der Waals surface area contributed by atoms with Crippen molar-refractivity contribution in [3.63, 3.8) is 0 Å².